The highest BCUT2D eigenvalue weighted by Crippen LogP contribution is 2.19. The number of aromatic nitrogens is 3. The van der Waals surface area contributed by atoms with Crippen molar-refractivity contribution < 1.29 is 0 Å². The summed E-state index contributed by atoms with van der Waals surface area (Å²) in [5.74, 6) is 0.762. The van der Waals surface area contributed by atoms with E-state index < -0.39 is 0 Å². The van der Waals surface area contributed by atoms with Gasteiger partial charge < -0.3 is 10.6 Å². The molecule has 0 aliphatic heterocycles. The molecule has 2 N–H and O–H groups in total. The van der Waals surface area contributed by atoms with E-state index in [1.165, 1.54) is 4.88 Å². The van der Waals surface area contributed by atoms with E-state index in [-0.39, 0.29) is 30.0 Å². The maximum atomic E-state index is 6.04. The summed E-state index contributed by atoms with van der Waals surface area (Å²) < 4.78 is 1.94. The lowest BCUT2D eigenvalue weighted by Gasteiger charge is -2.20. The highest BCUT2D eigenvalue weighted by atomic mass is 127. The van der Waals surface area contributed by atoms with E-state index in [9.17, 15) is 0 Å². The van der Waals surface area contributed by atoms with Crippen LogP contribution in [0.2, 0.25) is 5.02 Å². The minimum absolute atomic E-state index is 0. The molecular weight excluding hydrogens is 519 g/mol. The molecular formula is C20H26ClIN6S. The Morgan fingerprint density at radius 3 is 2.69 bits per heavy atom. The fraction of sp³-hybridized carbons (Fsp3) is 0.350. The summed E-state index contributed by atoms with van der Waals surface area (Å²) in [5.41, 5.74) is 1.13. The lowest BCUT2D eigenvalue weighted by molar-refractivity contribution is 0.511. The zero-order valence-corrected chi connectivity index (χ0v) is 20.4. The molecule has 0 saturated carbocycles. The van der Waals surface area contributed by atoms with Crippen LogP contribution in [0, 0.1) is 0 Å². The molecule has 0 spiro atoms. The van der Waals surface area contributed by atoms with Crippen molar-refractivity contribution >= 4 is 52.9 Å². The molecule has 1 atom stereocenters. The average molecular weight is 545 g/mol. The molecule has 29 heavy (non-hydrogen) atoms. The lowest BCUT2D eigenvalue weighted by atomic mass is 10.1. The van der Waals surface area contributed by atoms with Crippen LogP contribution < -0.4 is 10.6 Å². The monoisotopic (exact) mass is 544 g/mol. The van der Waals surface area contributed by atoms with Gasteiger partial charge in [0.1, 0.15) is 0 Å². The minimum atomic E-state index is 0. The summed E-state index contributed by atoms with van der Waals surface area (Å²) in [6.07, 6.45) is 7.63. The van der Waals surface area contributed by atoms with E-state index >= 15 is 0 Å². The Labute approximate surface area is 197 Å². The van der Waals surface area contributed by atoms with E-state index in [2.05, 4.69) is 32.6 Å². The highest BCUT2D eigenvalue weighted by molar-refractivity contribution is 14.0. The molecule has 3 rings (SSSR count). The number of nitrogens with one attached hydrogen (secondary N) is 2. The average Bonchev–Trinajstić information content (AvgIpc) is 3.40. The maximum Gasteiger partial charge on any atom is 0.191 e. The molecule has 6 nitrogen and oxygen atoms in total. The molecule has 0 saturated heterocycles. The molecule has 1 aromatic carbocycles. The number of halogens is 2. The first-order valence-electron chi connectivity index (χ1n) is 9.32. The summed E-state index contributed by atoms with van der Waals surface area (Å²) in [6.45, 7) is 3.59. The normalized spacial score (nSPS) is 12.3. The second-order valence-corrected chi connectivity index (χ2v) is 7.89. The van der Waals surface area contributed by atoms with Crippen LogP contribution in [-0.4, -0.2) is 40.9 Å². The van der Waals surface area contributed by atoms with Crippen molar-refractivity contribution in [1.82, 2.24) is 25.4 Å². The van der Waals surface area contributed by atoms with Crippen LogP contribution in [0.15, 0.2) is 53.9 Å². The van der Waals surface area contributed by atoms with Crippen LogP contribution in [0.4, 0.5) is 0 Å². The number of thiazole rings is 1. The Morgan fingerprint density at radius 1 is 1.28 bits per heavy atom. The van der Waals surface area contributed by atoms with Crippen molar-refractivity contribution in [3.05, 3.63) is 69.4 Å². The fourth-order valence-electron chi connectivity index (χ4n) is 2.84. The first kappa shape index (κ1) is 23.6. The van der Waals surface area contributed by atoms with Crippen LogP contribution in [0.25, 0.3) is 0 Å². The molecule has 0 aliphatic carbocycles. The van der Waals surface area contributed by atoms with Gasteiger partial charge in [-0.15, -0.1) is 35.3 Å². The van der Waals surface area contributed by atoms with Gasteiger partial charge in [-0.3, -0.25) is 9.67 Å². The smallest absolute Gasteiger partial charge is 0.191 e. The topological polar surface area (TPSA) is 67.1 Å². The van der Waals surface area contributed by atoms with Crippen molar-refractivity contribution in [3.8, 4) is 0 Å². The molecule has 0 aliphatic rings. The van der Waals surface area contributed by atoms with Crippen molar-refractivity contribution in [2.24, 2.45) is 4.99 Å². The third kappa shape index (κ3) is 6.97. The van der Waals surface area contributed by atoms with E-state index in [0.29, 0.717) is 6.54 Å². The first-order chi connectivity index (χ1) is 13.7. The van der Waals surface area contributed by atoms with Crippen LogP contribution in [0.3, 0.4) is 0 Å². The summed E-state index contributed by atoms with van der Waals surface area (Å²) >= 11 is 7.81. The van der Waals surface area contributed by atoms with Crippen molar-refractivity contribution in [2.45, 2.75) is 25.8 Å². The van der Waals surface area contributed by atoms with Gasteiger partial charge in [0.25, 0.3) is 0 Å². The number of hydrogen-bond donors (Lipinski definition) is 2. The van der Waals surface area contributed by atoms with Gasteiger partial charge in [0.05, 0.1) is 11.0 Å². The van der Waals surface area contributed by atoms with Gasteiger partial charge in [-0.1, -0.05) is 30.7 Å². The minimum Gasteiger partial charge on any atom is -0.356 e. The Bertz CT molecular complexity index is 879. The summed E-state index contributed by atoms with van der Waals surface area (Å²) in [5, 5.41) is 13.0. The van der Waals surface area contributed by atoms with Crippen molar-refractivity contribution in [1.29, 1.82) is 0 Å². The number of aliphatic imine (C=N–C) groups is 1. The first-order valence-corrected chi connectivity index (χ1v) is 10.5. The molecule has 1 unspecified atom stereocenters. The van der Waals surface area contributed by atoms with Crippen LogP contribution >= 0.6 is 46.9 Å². The summed E-state index contributed by atoms with van der Waals surface area (Å²) in [4.78, 5) is 10.1. The van der Waals surface area contributed by atoms with E-state index in [0.717, 1.165) is 40.9 Å². The van der Waals surface area contributed by atoms with Crippen LogP contribution in [-0.2, 0) is 12.8 Å². The van der Waals surface area contributed by atoms with E-state index in [1.807, 2.05) is 47.4 Å². The van der Waals surface area contributed by atoms with Gasteiger partial charge in [0.15, 0.2) is 5.96 Å². The number of benzene rings is 1. The molecule has 0 radical (unpaired) electrons. The van der Waals surface area contributed by atoms with Crippen molar-refractivity contribution in [3.63, 3.8) is 0 Å². The Hall–Kier alpha value is -1.65. The highest BCUT2D eigenvalue weighted by Gasteiger charge is 2.15. The zero-order chi connectivity index (χ0) is 19.8. The molecule has 2 heterocycles. The van der Waals surface area contributed by atoms with Gasteiger partial charge in [-0.05, 0) is 30.2 Å². The van der Waals surface area contributed by atoms with Crippen LogP contribution in [0.5, 0.6) is 0 Å². The Morgan fingerprint density at radius 2 is 2.07 bits per heavy atom. The standard InChI is InChI=1S/C20H25ClN6S.HI/c1-3-17-13-24-19(28-17)9-11-23-20(22-2)25-14-18(27-12-4-10-26-27)15-5-7-16(21)8-6-15;/h4-8,10,12-13,18H,3,9,11,14H2,1-2H3,(H2,22,23,25);1H. The SMILES string of the molecule is CCc1cnc(CCNC(=NC)NCC(c2ccc(Cl)cc2)n2cccn2)s1.I. The van der Waals surface area contributed by atoms with Gasteiger partial charge in [-0.2, -0.15) is 5.10 Å². The van der Waals surface area contributed by atoms with Gasteiger partial charge >= 0.3 is 0 Å². The molecule has 156 valence electrons. The second kappa shape index (κ2) is 12.1. The summed E-state index contributed by atoms with van der Waals surface area (Å²) in [6, 6.07) is 9.82. The third-order valence-electron chi connectivity index (χ3n) is 4.37. The fourth-order valence-corrected chi connectivity index (χ4v) is 3.83. The number of nitrogens with zero attached hydrogens (tertiary/aromatic N) is 4. The zero-order valence-electron chi connectivity index (χ0n) is 16.5. The molecule has 9 heteroatoms. The van der Waals surface area contributed by atoms with Crippen LogP contribution in [0.1, 0.15) is 28.4 Å². The summed E-state index contributed by atoms with van der Waals surface area (Å²) in [7, 11) is 1.78. The number of guanidine groups is 1. The number of aryl methyl sites for hydroxylation is 1. The molecule has 0 amide bonds. The van der Waals surface area contributed by atoms with Gasteiger partial charge in [0, 0.05) is 55.0 Å². The largest absolute Gasteiger partial charge is 0.356 e. The molecule has 2 aromatic heterocycles. The second-order valence-electron chi connectivity index (χ2n) is 6.26. The maximum absolute atomic E-state index is 6.04. The Kier molecular flexibility index (Phi) is 9.89. The number of hydrogen-bond acceptors (Lipinski definition) is 4. The quantitative estimate of drug-likeness (QED) is 0.254. The van der Waals surface area contributed by atoms with Gasteiger partial charge in [-0.25, -0.2) is 4.98 Å². The molecule has 0 fully saturated rings. The molecule has 3 aromatic rings. The van der Waals surface area contributed by atoms with Crippen molar-refractivity contribution in [2.75, 3.05) is 20.1 Å². The predicted molar refractivity (Wildman–Crippen MR) is 132 cm³/mol. The van der Waals surface area contributed by atoms with Gasteiger partial charge in [0.2, 0.25) is 0 Å². The van der Waals surface area contributed by atoms with E-state index in [1.54, 1.807) is 24.6 Å². The lowest BCUT2D eigenvalue weighted by Crippen LogP contribution is -2.41. The van der Waals surface area contributed by atoms with E-state index in [4.69, 9.17) is 11.6 Å². The number of rotatable bonds is 8. The Balaban J connectivity index is 0.00000300. The predicted octanol–water partition coefficient (Wildman–Crippen LogP) is 4.17. The molecule has 0 bridgehead atoms. The third-order valence-corrected chi connectivity index (χ3v) is 5.82.